The number of aliphatic hydroxyl groups is 1. The molecule has 1 aromatic carbocycles. The average Bonchev–Trinajstić information content (AvgIpc) is 3.37. The minimum Gasteiger partial charge on any atom is -0.388 e. The van der Waals surface area contributed by atoms with Crippen molar-refractivity contribution in [2.75, 3.05) is 0 Å². The number of aliphatic hydroxyl groups excluding tert-OH is 1. The zero-order chi connectivity index (χ0) is 24.5. The lowest BCUT2D eigenvalue weighted by molar-refractivity contribution is -0.137. The SMILES string of the molecule is CCC(C)c1nc2c(c3c1[C@H](c1ccc(C(F)(F)F)cc1)O[C@]31C=CCC1)[C@@H](O)CC(C)(C)C2. The van der Waals surface area contributed by atoms with Crippen molar-refractivity contribution in [3.05, 3.63) is 75.6 Å². The molecule has 1 aromatic heterocycles. The molecule has 1 unspecified atom stereocenters. The average molecular weight is 472 g/mol. The summed E-state index contributed by atoms with van der Waals surface area (Å²) in [5, 5.41) is 11.3. The van der Waals surface area contributed by atoms with Crippen LogP contribution in [0, 0.1) is 5.41 Å². The van der Waals surface area contributed by atoms with Gasteiger partial charge < -0.3 is 9.84 Å². The number of alkyl halides is 3. The molecule has 1 spiro atoms. The first-order chi connectivity index (χ1) is 16.0. The maximum absolute atomic E-state index is 13.2. The van der Waals surface area contributed by atoms with Crippen LogP contribution in [-0.2, 0) is 22.9 Å². The lowest BCUT2D eigenvalue weighted by Crippen LogP contribution is -2.31. The molecule has 1 N–H and O–H groups in total. The van der Waals surface area contributed by atoms with Gasteiger partial charge in [0.05, 0.1) is 17.4 Å². The fourth-order valence-corrected chi connectivity index (χ4v) is 5.99. The number of benzene rings is 1. The summed E-state index contributed by atoms with van der Waals surface area (Å²) in [6, 6.07) is 5.29. The Morgan fingerprint density at radius 1 is 1.18 bits per heavy atom. The monoisotopic (exact) mass is 471 g/mol. The van der Waals surface area contributed by atoms with E-state index in [1.165, 1.54) is 12.1 Å². The van der Waals surface area contributed by atoms with E-state index in [0.29, 0.717) is 12.0 Å². The third kappa shape index (κ3) is 3.70. The van der Waals surface area contributed by atoms with Gasteiger partial charge in [-0.15, -0.1) is 0 Å². The van der Waals surface area contributed by atoms with E-state index in [9.17, 15) is 18.3 Å². The number of rotatable bonds is 3. The van der Waals surface area contributed by atoms with E-state index in [0.717, 1.165) is 65.9 Å². The van der Waals surface area contributed by atoms with Crippen molar-refractivity contribution in [2.24, 2.45) is 5.41 Å². The molecular weight excluding hydrogens is 439 g/mol. The Bertz CT molecular complexity index is 1140. The van der Waals surface area contributed by atoms with Crippen LogP contribution in [-0.4, -0.2) is 10.1 Å². The van der Waals surface area contributed by atoms with Crippen LogP contribution in [0.3, 0.4) is 0 Å². The molecule has 0 radical (unpaired) electrons. The van der Waals surface area contributed by atoms with Crippen molar-refractivity contribution in [1.82, 2.24) is 4.98 Å². The number of fused-ring (bicyclic) bond motifs is 4. The van der Waals surface area contributed by atoms with Gasteiger partial charge in [-0.05, 0) is 61.1 Å². The Kier molecular flexibility index (Phi) is 5.49. The first-order valence-electron chi connectivity index (χ1n) is 12.2. The van der Waals surface area contributed by atoms with Crippen LogP contribution in [0.4, 0.5) is 13.2 Å². The number of allylic oxidation sites excluding steroid dienone is 1. The Morgan fingerprint density at radius 2 is 1.88 bits per heavy atom. The van der Waals surface area contributed by atoms with Gasteiger partial charge in [-0.1, -0.05) is 52.0 Å². The largest absolute Gasteiger partial charge is 0.416 e. The van der Waals surface area contributed by atoms with Gasteiger partial charge in [0, 0.05) is 22.4 Å². The van der Waals surface area contributed by atoms with E-state index in [4.69, 9.17) is 9.72 Å². The molecule has 0 saturated carbocycles. The molecule has 0 fully saturated rings. The first-order valence-corrected chi connectivity index (χ1v) is 12.2. The van der Waals surface area contributed by atoms with Crippen molar-refractivity contribution in [3.63, 3.8) is 0 Å². The van der Waals surface area contributed by atoms with Crippen molar-refractivity contribution in [1.29, 1.82) is 0 Å². The second-order valence-electron chi connectivity index (χ2n) is 11.0. The van der Waals surface area contributed by atoms with Gasteiger partial charge in [-0.2, -0.15) is 13.2 Å². The lowest BCUT2D eigenvalue weighted by atomic mass is 9.70. The topological polar surface area (TPSA) is 42.4 Å². The highest BCUT2D eigenvalue weighted by Gasteiger charge is 2.51. The molecule has 3 aliphatic rings. The maximum Gasteiger partial charge on any atom is 0.416 e. The summed E-state index contributed by atoms with van der Waals surface area (Å²) >= 11 is 0. The van der Waals surface area contributed by atoms with E-state index >= 15 is 0 Å². The first kappa shape index (κ1) is 23.6. The minimum atomic E-state index is -4.39. The molecule has 2 heterocycles. The standard InChI is InChI=1S/C28H32F3NO2/c1-5-16(2)24-22-23(21-19(32-24)14-26(3,4)15-20(21)33)27(12-6-7-13-27)34-25(22)17-8-10-18(11-9-17)28(29,30)31/h6,8-12,16,20,25,33H,5,7,13-15H2,1-4H3/t16?,20-,25-,27-/m0/s1. The van der Waals surface area contributed by atoms with Gasteiger partial charge in [-0.25, -0.2) is 0 Å². The van der Waals surface area contributed by atoms with E-state index in [1.54, 1.807) is 0 Å². The second-order valence-corrected chi connectivity index (χ2v) is 11.0. The van der Waals surface area contributed by atoms with Crippen molar-refractivity contribution in [2.45, 2.75) is 89.7 Å². The number of hydrogen-bond acceptors (Lipinski definition) is 3. The predicted molar refractivity (Wildman–Crippen MR) is 124 cm³/mol. The zero-order valence-corrected chi connectivity index (χ0v) is 20.2. The molecular formula is C28H32F3NO2. The van der Waals surface area contributed by atoms with Crippen LogP contribution in [0.25, 0.3) is 0 Å². The molecule has 6 heteroatoms. The van der Waals surface area contributed by atoms with E-state index in [1.807, 2.05) is 0 Å². The molecule has 5 rings (SSSR count). The number of nitrogens with zero attached hydrogens (tertiary/aromatic N) is 1. The fourth-order valence-electron chi connectivity index (χ4n) is 5.99. The maximum atomic E-state index is 13.2. The molecule has 4 atom stereocenters. The number of aromatic nitrogens is 1. The number of hydrogen-bond donors (Lipinski definition) is 1. The summed E-state index contributed by atoms with van der Waals surface area (Å²) < 4.78 is 46.4. The highest BCUT2D eigenvalue weighted by Crippen LogP contribution is 2.58. The van der Waals surface area contributed by atoms with Gasteiger partial charge in [0.25, 0.3) is 0 Å². The van der Waals surface area contributed by atoms with Crippen LogP contribution in [0.2, 0.25) is 0 Å². The normalized spacial score (nSPS) is 28.2. The summed E-state index contributed by atoms with van der Waals surface area (Å²) in [6.07, 6.45) is 2.55. The Hall–Kier alpha value is -2.18. The summed E-state index contributed by atoms with van der Waals surface area (Å²) in [6.45, 7) is 8.57. The predicted octanol–water partition coefficient (Wildman–Crippen LogP) is 7.28. The summed E-state index contributed by atoms with van der Waals surface area (Å²) in [7, 11) is 0. The van der Waals surface area contributed by atoms with Crippen LogP contribution in [0.15, 0.2) is 36.4 Å². The van der Waals surface area contributed by atoms with Crippen molar-refractivity contribution in [3.8, 4) is 0 Å². The van der Waals surface area contributed by atoms with Gasteiger partial charge in [0.2, 0.25) is 0 Å². The summed E-state index contributed by atoms with van der Waals surface area (Å²) in [4.78, 5) is 5.14. The third-order valence-electron chi connectivity index (χ3n) is 7.81. The molecule has 2 aliphatic carbocycles. The van der Waals surface area contributed by atoms with Crippen LogP contribution in [0.5, 0.6) is 0 Å². The highest BCUT2D eigenvalue weighted by atomic mass is 19.4. The third-order valence-corrected chi connectivity index (χ3v) is 7.81. The minimum absolute atomic E-state index is 0.0641. The molecule has 34 heavy (non-hydrogen) atoms. The molecule has 3 nitrogen and oxygen atoms in total. The van der Waals surface area contributed by atoms with Crippen molar-refractivity contribution < 1.29 is 23.0 Å². The van der Waals surface area contributed by atoms with E-state index < -0.39 is 29.5 Å². The molecule has 1 aliphatic heterocycles. The lowest BCUT2D eigenvalue weighted by Gasteiger charge is -2.37. The molecule has 2 aromatic rings. The zero-order valence-electron chi connectivity index (χ0n) is 20.2. The van der Waals surface area contributed by atoms with Crippen molar-refractivity contribution >= 4 is 0 Å². The smallest absolute Gasteiger partial charge is 0.388 e. The van der Waals surface area contributed by atoms with Gasteiger partial charge >= 0.3 is 6.18 Å². The van der Waals surface area contributed by atoms with E-state index in [-0.39, 0.29) is 11.3 Å². The second kappa shape index (κ2) is 7.92. The Morgan fingerprint density at radius 3 is 2.47 bits per heavy atom. The molecule has 0 saturated heterocycles. The van der Waals surface area contributed by atoms with Gasteiger partial charge in [0.1, 0.15) is 11.7 Å². The van der Waals surface area contributed by atoms with Crippen LogP contribution >= 0.6 is 0 Å². The van der Waals surface area contributed by atoms with Crippen LogP contribution in [0.1, 0.15) is 111 Å². The van der Waals surface area contributed by atoms with Gasteiger partial charge in [-0.3, -0.25) is 4.98 Å². The quantitative estimate of drug-likeness (QED) is 0.478. The Balaban J connectivity index is 1.75. The number of halogens is 3. The molecule has 182 valence electrons. The van der Waals surface area contributed by atoms with Crippen LogP contribution < -0.4 is 0 Å². The van der Waals surface area contributed by atoms with E-state index in [2.05, 4.69) is 39.8 Å². The summed E-state index contributed by atoms with van der Waals surface area (Å²) in [5.41, 5.74) is 3.98. The highest BCUT2D eigenvalue weighted by molar-refractivity contribution is 5.56. The summed E-state index contributed by atoms with van der Waals surface area (Å²) in [5.74, 6) is 0.155. The Labute approximate surface area is 199 Å². The number of pyridine rings is 1. The fraction of sp³-hybridized carbons (Fsp3) is 0.536. The number of ether oxygens (including phenoxy) is 1. The molecule has 0 amide bonds. The molecule has 0 bridgehead atoms. The van der Waals surface area contributed by atoms with Gasteiger partial charge in [0.15, 0.2) is 0 Å².